The number of likely N-dealkylation sites (tertiary alicyclic amines) is 1. The molecule has 3 nitrogen and oxygen atoms in total. The third-order valence-corrected chi connectivity index (χ3v) is 3.35. The molecule has 1 saturated heterocycles. The van der Waals surface area contributed by atoms with Crippen LogP contribution in [0.3, 0.4) is 0 Å². The maximum absolute atomic E-state index is 13.5. The molecule has 0 amide bonds. The van der Waals surface area contributed by atoms with Crippen molar-refractivity contribution in [2.75, 3.05) is 26.2 Å². The van der Waals surface area contributed by atoms with E-state index in [9.17, 15) is 4.39 Å². The Morgan fingerprint density at radius 2 is 2.06 bits per heavy atom. The van der Waals surface area contributed by atoms with Crippen LogP contribution in [0.25, 0.3) is 0 Å². The van der Waals surface area contributed by atoms with Crippen LogP contribution in [-0.4, -0.2) is 31.1 Å². The zero-order valence-electron chi connectivity index (χ0n) is 10.7. The molecule has 0 radical (unpaired) electrons. The molecular formula is C14H21FN2O. The van der Waals surface area contributed by atoms with Crippen LogP contribution in [0.15, 0.2) is 18.2 Å². The van der Waals surface area contributed by atoms with Gasteiger partial charge in [0.15, 0.2) is 0 Å². The predicted octanol–water partition coefficient (Wildman–Crippen LogP) is 1.90. The van der Waals surface area contributed by atoms with Crippen LogP contribution in [0, 0.1) is 5.82 Å². The summed E-state index contributed by atoms with van der Waals surface area (Å²) in [6.45, 7) is 4.69. The summed E-state index contributed by atoms with van der Waals surface area (Å²) in [4.78, 5) is 2.38. The molecule has 4 heteroatoms. The summed E-state index contributed by atoms with van der Waals surface area (Å²) in [7, 11) is 0. The van der Waals surface area contributed by atoms with Gasteiger partial charge in [0, 0.05) is 18.7 Å². The van der Waals surface area contributed by atoms with Gasteiger partial charge >= 0.3 is 0 Å². The van der Waals surface area contributed by atoms with Crippen molar-refractivity contribution in [3.05, 3.63) is 35.1 Å². The quantitative estimate of drug-likeness (QED) is 0.786. The first-order valence-corrected chi connectivity index (χ1v) is 6.57. The van der Waals surface area contributed by atoms with Crippen LogP contribution in [-0.2, 0) is 17.9 Å². The predicted molar refractivity (Wildman–Crippen MR) is 69.6 cm³/mol. The van der Waals surface area contributed by atoms with E-state index in [-0.39, 0.29) is 5.82 Å². The first kappa shape index (κ1) is 13.5. The van der Waals surface area contributed by atoms with Gasteiger partial charge in [0.2, 0.25) is 0 Å². The maximum atomic E-state index is 13.5. The number of halogens is 1. The molecule has 0 aliphatic carbocycles. The molecule has 1 heterocycles. The van der Waals surface area contributed by atoms with Gasteiger partial charge in [-0.25, -0.2) is 4.39 Å². The Balaban J connectivity index is 1.75. The molecule has 1 aliphatic rings. The van der Waals surface area contributed by atoms with E-state index in [1.807, 2.05) is 0 Å². The summed E-state index contributed by atoms with van der Waals surface area (Å²) in [5.74, 6) is -0.214. The lowest BCUT2D eigenvalue weighted by Gasteiger charge is -2.14. The van der Waals surface area contributed by atoms with Gasteiger partial charge < -0.3 is 15.4 Å². The van der Waals surface area contributed by atoms with E-state index >= 15 is 0 Å². The number of rotatable bonds is 6. The van der Waals surface area contributed by atoms with Crippen LogP contribution in [0.1, 0.15) is 24.0 Å². The second kappa shape index (κ2) is 6.83. The normalized spacial score (nSPS) is 16.3. The highest BCUT2D eigenvalue weighted by Crippen LogP contribution is 2.12. The van der Waals surface area contributed by atoms with Gasteiger partial charge in [-0.2, -0.15) is 0 Å². The number of ether oxygens (including phenoxy) is 1. The lowest BCUT2D eigenvalue weighted by molar-refractivity contribution is 0.0973. The van der Waals surface area contributed by atoms with Crippen LogP contribution in [0.2, 0.25) is 0 Å². The minimum atomic E-state index is -0.214. The zero-order valence-corrected chi connectivity index (χ0v) is 10.7. The molecule has 100 valence electrons. The van der Waals surface area contributed by atoms with Crippen LogP contribution >= 0.6 is 0 Å². The van der Waals surface area contributed by atoms with E-state index in [1.54, 1.807) is 12.1 Å². The molecule has 2 N–H and O–H groups in total. The van der Waals surface area contributed by atoms with E-state index in [0.29, 0.717) is 25.3 Å². The molecular weight excluding hydrogens is 231 g/mol. The van der Waals surface area contributed by atoms with E-state index in [1.165, 1.54) is 32.0 Å². The van der Waals surface area contributed by atoms with Crippen molar-refractivity contribution in [1.29, 1.82) is 0 Å². The Bertz CT molecular complexity index is 378. The van der Waals surface area contributed by atoms with Gasteiger partial charge in [-0.1, -0.05) is 6.07 Å². The largest absolute Gasteiger partial charge is 0.375 e. The van der Waals surface area contributed by atoms with Crippen molar-refractivity contribution in [2.24, 2.45) is 5.73 Å². The number of benzene rings is 1. The van der Waals surface area contributed by atoms with Gasteiger partial charge in [-0.05, 0) is 43.6 Å². The fourth-order valence-corrected chi connectivity index (χ4v) is 2.25. The molecule has 0 unspecified atom stereocenters. The van der Waals surface area contributed by atoms with E-state index < -0.39 is 0 Å². The summed E-state index contributed by atoms with van der Waals surface area (Å²) in [6.07, 6.45) is 2.57. The highest BCUT2D eigenvalue weighted by molar-refractivity contribution is 5.24. The van der Waals surface area contributed by atoms with Crippen molar-refractivity contribution >= 4 is 0 Å². The van der Waals surface area contributed by atoms with E-state index in [4.69, 9.17) is 10.5 Å². The van der Waals surface area contributed by atoms with Gasteiger partial charge in [0.1, 0.15) is 5.82 Å². The Labute approximate surface area is 108 Å². The van der Waals surface area contributed by atoms with Crippen molar-refractivity contribution in [2.45, 2.75) is 26.0 Å². The Morgan fingerprint density at radius 3 is 2.78 bits per heavy atom. The fraction of sp³-hybridized carbons (Fsp3) is 0.571. The van der Waals surface area contributed by atoms with Crippen molar-refractivity contribution < 1.29 is 9.13 Å². The van der Waals surface area contributed by atoms with E-state index in [0.717, 1.165) is 12.1 Å². The van der Waals surface area contributed by atoms with Gasteiger partial charge in [0.25, 0.3) is 0 Å². The standard InChI is InChI=1S/C14H21FN2O/c15-14-4-3-12(10-16)9-13(14)11-18-8-7-17-5-1-2-6-17/h3-4,9H,1-2,5-8,10-11,16H2. The molecule has 0 saturated carbocycles. The molecule has 1 aromatic rings. The van der Waals surface area contributed by atoms with Crippen LogP contribution in [0.4, 0.5) is 4.39 Å². The summed E-state index contributed by atoms with van der Waals surface area (Å²) < 4.78 is 19.0. The van der Waals surface area contributed by atoms with E-state index in [2.05, 4.69) is 4.90 Å². The summed E-state index contributed by atoms with van der Waals surface area (Å²) in [6, 6.07) is 4.95. The summed E-state index contributed by atoms with van der Waals surface area (Å²) >= 11 is 0. The third-order valence-electron chi connectivity index (χ3n) is 3.35. The monoisotopic (exact) mass is 252 g/mol. The second-order valence-corrected chi connectivity index (χ2v) is 4.73. The average Bonchev–Trinajstić information content (AvgIpc) is 2.89. The first-order chi connectivity index (χ1) is 8.79. The zero-order chi connectivity index (χ0) is 12.8. The minimum Gasteiger partial charge on any atom is -0.375 e. The molecule has 18 heavy (non-hydrogen) atoms. The van der Waals surface area contributed by atoms with Gasteiger partial charge in [-0.3, -0.25) is 0 Å². The van der Waals surface area contributed by atoms with Crippen molar-refractivity contribution in [3.63, 3.8) is 0 Å². The molecule has 2 rings (SSSR count). The number of hydrogen-bond donors (Lipinski definition) is 1. The molecule has 0 bridgehead atoms. The summed E-state index contributed by atoms with van der Waals surface area (Å²) in [5.41, 5.74) is 7.07. The highest BCUT2D eigenvalue weighted by Gasteiger charge is 2.10. The van der Waals surface area contributed by atoms with Crippen molar-refractivity contribution in [3.8, 4) is 0 Å². The molecule has 1 aliphatic heterocycles. The fourth-order valence-electron chi connectivity index (χ4n) is 2.25. The summed E-state index contributed by atoms with van der Waals surface area (Å²) in [5, 5.41) is 0. The number of nitrogens with zero attached hydrogens (tertiary/aromatic N) is 1. The van der Waals surface area contributed by atoms with Gasteiger partial charge in [0.05, 0.1) is 13.2 Å². The highest BCUT2D eigenvalue weighted by atomic mass is 19.1. The maximum Gasteiger partial charge on any atom is 0.128 e. The lowest BCUT2D eigenvalue weighted by atomic mass is 10.1. The minimum absolute atomic E-state index is 0.214. The molecule has 0 spiro atoms. The molecule has 1 fully saturated rings. The second-order valence-electron chi connectivity index (χ2n) is 4.73. The molecule has 0 atom stereocenters. The Morgan fingerprint density at radius 1 is 1.28 bits per heavy atom. The molecule has 1 aromatic carbocycles. The molecule has 0 aromatic heterocycles. The van der Waals surface area contributed by atoms with Crippen LogP contribution in [0.5, 0.6) is 0 Å². The first-order valence-electron chi connectivity index (χ1n) is 6.57. The Hall–Kier alpha value is -0.970. The lowest BCUT2D eigenvalue weighted by Crippen LogP contribution is -2.24. The number of hydrogen-bond acceptors (Lipinski definition) is 3. The Kier molecular flexibility index (Phi) is 5.11. The average molecular weight is 252 g/mol. The van der Waals surface area contributed by atoms with Gasteiger partial charge in [-0.15, -0.1) is 0 Å². The number of nitrogens with two attached hydrogens (primary N) is 1. The van der Waals surface area contributed by atoms with Crippen molar-refractivity contribution in [1.82, 2.24) is 4.90 Å². The third kappa shape index (κ3) is 3.77. The topological polar surface area (TPSA) is 38.5 Å². The SMILES string of the molecule is NCc1ccc(F)c(COCCN2CCCC2)c1. The van der Waals surface area contributed by atoms with Crippen LogP contribution < -0.4 is 5.73 Å². The smallest absolute Gasteiger partial charge is 0.128 e.